The Balaban J connectivity index is 1.75. The first-order chi connectivity index (χ1) is 42.6. The lowest BCUT2D eigenvalue weighted by Gasteiger charge is -2.46. The molecule has 12 atom stereocenters. The van der Waals surface area contributed by atoms with Crippen LogP contribution in [0.2, 0.25) is 0 Å². The van der Waals surface area contributed by atoms with Crippen LogP contribution in [0, 0.1) is 0 Å². The first-order valence-electron chi connectivity index (χ1n) is 34.3. The normalized spacial score (nSPS) is 24.1. The zero-order chi connectivity index (χ0) is 63.1. The molecule has 2 saturated heterocycles. The van der Waals surface area contributed by atoms with Crippen molar-refractivity contribution in [2.45, 2.75) is 312 Å². The maximum atomic E-state index is 13.3. The Morgan fingerprint density at radius 3 is 1.26 bits per heavy atom. The van der Waals surface area contributed by atoms with Gasteiger partial charge in [0.15, 0.2) is 12.6 Å². The molecule has 2 aliphatic rings. The van der Waals surface area contributed by atoms with E-state index in [0.717, 1.165) is 77.0 Å². The molecule has 0 aromatic heterocycles. The summed E-state index contributed by atoms with van der Waals surface area (Å²) >= 11 is 0. The molecule has 2 rings (SSSR count). The minimum absolute atomic E-state index is 0.210. The van der Waals surface area contributed by atoms with E-state index in [-0.39, 0.29) is 18.9 Å². The van der Waals surface area contributed by atoms with Gasteiger partial charge in [0.05, 0.1) is 32.0 Å². The Bertz CT molecular complexity index is 1920. The zero-order valence-electron chi connectivity index (χ0n) is 54.0. The molecular formula is C73H123NO13. The SMILES string of the molecule is CC/C=C\C/C=C\C/C=C\C/C=C\C/C=C\C/C=C\C/C=C\C/C=C\CCCCC(=O)NC(COC1OC(CO)C(OC2OC(CO)C(O)C(O)C2O)C(O)C1O)C(O)/C=C/CC/C=C/CCCCCCCCCCCCCCCCCCCCCC. The van der Waals surface area contributed by atoms with Crippen molar-refractivity contribution in [3.63, 3.8) is 0 Å². The number of carbonyl (C=O) groups excluding carboxylic acids is 1. The molecule has 14 heteroatoms. The van der Waals surface area contributed by atoms with E-state index in [0.29, 0.717) is 12.8 Å². The molecule has 9 N–H and O–H groups in total. The maximum absolute atomic E-state index is 13.3. The van der Waals surface area contributed by atoms with Crippen LogP contribution in [0.5, 0.6) is 0 Å². The van der Waals surface area contributed by atoms with E-state index in [1.807, 2.05) is 6.08 Å². The van der Waals surface area contributed by atoms with Crippen molar-refractivity contribution < 1.29 is 64.6 Å². The fraction of sp³-hybridized carbons (Fsp3) is 0.712. The van der Waals surface area contributed by atoms with Crippen LogP contribution in [0.25, 0.3) is 0 Å². The molecular weight excluding hydrogens is 1100 g/mol. The highest BCUT2D eigenvalue weighted by atomic mass is 16.7. The van der Waals surface area contributed by atoms with Crippen LogP contribution >= 0.6 is 0 Å². The molecule has 14 nitrogen and oxygen atoms in total. The fourth-order valence-corrected chi connectivity index (χ4v) is 10.4. The van der Waals surface area contributed by atoms with Crippen molar-refractivity contribution in [2.75, 3.05) is 19.8 Å². The Labute approximate surface area is 527 Å². The predicted octanol–water partition coefficient (Wildman–Crippen LogP) is 13.7. The average molecular weight is 1220 g/mol. The summed E-state index contributed by atoms with van der Waals surface area (Å²) in [5.41, 5.74) is 0. The van der Waals surface area contributed by atoms with Crippen LogP contribution in [-0.4, -0.2) is 140 Å². The van der Waals surface area contributed by atoms with Gasteiger partial charge in [-0.2, -0.15) is 0 Å². The van der Waals surface area contributed by atoms with Crippen molar-refractivity contribution in [1.29, 1.82) is 0 Å². The summed E-state index contributed by atoms with van der Waals surface area (Å²) < 4.78 is 22.8. The number of unbranched alkanes of at least 4 members (excludes halogenated alkanes) is 23. The van der Waals surface area contributed by atoms with Crippen LogP contribution in [0.3, 0.4) is 0 Å². The standard InChI is InChI=1S/C73H123NO13/c1-3-5-7-9-11-13-15-17-19-21-23-25-27-29-31-33-35-37-39-41-43-45-47-49-51-53-55-57-65(78)74-61(60-84-72-70(83)68(81)71(64(59-76)86-72)87-73-69(82)67(80)66(79)63(58-75)85-73)62(77)56-54-52-50-48-46-44-42-40-38-36-34-32-30-28-26-24-22-20-18-16-14-12-10-8-6-4-2/h5,7,11,13,17,19,23,25,29,31,35,37,41,43,46-49,54,56,61-64,66-73,75-77,79-83H,3-4,6,8-10,12,14-16,18,20-22,24,26-28,30,32-34,36,38-40,42,44-45,50-53,55,57-60H2,1-2H3,(H,74,78)/b7-5-,13-11-,19-17-,25-23-,31-29-,37-35-,43-41-,48-46+,49-47-,56-54+. The van der Waals surface area contributed by atoms with E-state index in [4.69, 9.17) is 18.9 Å². The molecule has 0 aliphatic carbocycles. The predicted molar refractivity (Wildman–Crippen MR) is 355 cm³/mol. The lowest BCUT2D eigenvalue weighted by Crippen LogP contribution is -2.65. The van der Waals surface area contributed by atoms with Gasteiger partial charge >= 0.3 is 0 Å². The highest BCUT2D eigenvalue weighted by molar-refractivity contribution is 5.76. The number of nitrogens with one attached hydrogen (secondary N) is 1. The average Bonchev–Trinajstić information content (AvgIpc) is 2.58. The van der Waals surface area contributed by atoms with Gasteiger partial charge in [0.25, 0.3) is 0 Å². The molecule has 12 unspecified atom stereocenters. The van der Waals surface area contributed by atoms with Crippen LogP contribution < -0.4 is 5.32 Å². The highest BCUT2D eigenvalue weighted by Crippen LogP contribution is 2.30. The van der Waals surface area contributed by atoms with E-state index in [9.17, 15) is 45.6 Å². The Morgan fingerprint density at radius 2 is 0.805 bits per heavy atom. The summed E-state index contributed by atoms with van der Waals surface area (Å²) in [5.74, 6) is -0.295. The fourth-order valence-electron chi connectivity index (χ4n) is 10.4. The second-order valence-electron chi connectivity index (χ2n) is 23.6. The number of rotatable bonds is 54. The van der Waals surface area contributed by atoms with E-state index in [1.165, 1.54) is 128 Å². The van der Waals surface area contributed by atoms with Gasteiger partial charge in [-0.1, -0.05) is 257 Å². The molecule has 498 valence electrons. The van der Waals surface area contributed by atoms with Gasteiger partial charge in [0.2, 0.25) is 5.91 Å². The van der Waals surface area contributed by atoms with Crippen molar-refractivity contribution in [3.8, 4) is 0 Å². The topological polar surface area (TPSA) is 228 Å². The van der Waals surface area contributed by atoms with Crippen molar-refractivity contribution >= 4 is 5.91 Å². The van der Waals surface area contributed by atoms with Crippen LogP contribution in [0.15, 0.2) is 122 Å². The number of aliphatic hydroxyl groups excluding tert-OH is 8. The number of hydrogen-bond donors (Lipinski definition) is 9. The van der Waals surface area contributed by atoms with Gasteiger partial charge < -0.3 is 65.1 Å². The zero-order valence-corrected chi connectivity index (χ0v) is 54.0. The first kappa shape index (κ1) is 79.5. The monoisotopic (exact) mass is 1220 g/mol. The quantitative estimate of drug-likeness (QED) is 0.0204. The number of amides is 1. The molecule has 87 heavy (non-hydrogen) atoms. The smallest absolute Gasteiger partial charge is 0.220 e. The third-order valence-corrected chi connectivity index (χ3v) is 15.9. The first-order valence-corrected chi connectivity index (χ1v) is 34.3. The molecule has 2 heterocycles. The number of carbonyl (C=O) groups is 1. The van der Waals surface area contributed by atoms with E-state index >= 15 is 0 Å². The molecule has 0 aromatic rings. The lowest BCUT2D eigenvalue weighted by atomic mass is 9.97. The van der Waals surface area contributed by atoms with Gasteiger partial charge in [-0.3, -0.25) is 4.79 Å². The molecule has 0 bridgehead atoms. The van der Waals surface area contributed by atoms with E-state index in [1.54, 1.807) is 6.08 Å². The van der Waals surface area contributed by atoms with Crippen LogP contribution in [0.4, 0.5) is 0 Å². The molecule has 0 saturated carbocycles. The maximum Gasteiger partial charge on any atom is 0.220 e. The third kappa shape index (κ3) is 40.7. The van der Waals surface area contributed by atoms with E-state index < -0.39 is 86.8 Å². The number of ether oxygens (including phenoxy) is 4. The Kier molecular flexibility index (Phi) is 51.5. The Morgan fingerprint density at radius 1 is 0.425 bits per heavy atom. The van der Waals surface area contributed by atoms with Crippen molar-refractivity contribution in [3.05, 3.63) is 122 Å². The summed E-state index contributed by atoms with van der Waals surface area (Å²) in [7, 11) is 0. The summed E-state index contributed by atoms with van der Waals surface area (Å²) in [6.45, 7) is 2.65. The summed E-state index contributed by atoms with van der Waals surface area (Å²) in [6, 6.07) is -0.966. The molecule has 1 amide bonds. The van der Waals surface area contributed by atoms with Gasteiger partial charge in [-0.05, 0) is 96.3 Å². The largest absolute Gasteiger partial charge is 0.394 e. The van der Waals surface area contributed by atoms with Crippen molar-refractivity contribution in [2.24, 2.45) is 0 Å². The second-order valence-corrected chi connectivity index (χ2v) is 23.6. The van der Waals surface area contributed by atoms with Crippen LogP contribution in [-0.2, 0) is 23.7 Å². The summed E-state index contributed by atoms with van der Waals surface area (Å²) in [5, 5.41) is 87.3. The third-order valence-electron chi connectivity index (χ3n) is 15.9. The molecule has 2 aliphatic heterocycles. The number of hydrogen-bond acceptors (Lipinski definition) is 13. The number of aliphatic hydroxyl groups is 8. The molecule has 0 aromatic carbocycles. The van der Waals surface area contributed by atoms with Gasteiger partial charge in [0.1, 0.15) is 48.8 Å². The molecule has 2 fully saturated rings. The lowest BCUT2D eigenvalue weighted by molar-refractivity contribution is -0.359. The van der Waals surface area contributed by atoms with Crippen LogP contribution in [0.1, 0.15) is 239 Å². The minimum atomic E-state index is -1.80. The summed E-state index contributed by atoms with van der Waals surface area (Å²) in [4.78, 5) is 13.3. The highest BCUT2D eigenvalue weighted by Gasteiger charge is 2.51. The summed E-state index contributed by atoms with van der Waals surface area (Å²) in [6.07, 6.45) is 65.4. The van der Waals surface area contributed by atoms with Gasteiger partial charge in [-0.25, -0.2) is 0 Å². The second kappa shape index (κ2) is 56.4. The molecule has 0 spiro atoms. The van der Waals surface area contributed by atoms with Crippen molar-refractivity contribution in [1.82, 2.24) is 5.32 Å². The van der Waals surface area contributed by atoms with E-state index in [2.05, 4.69) is 129 Å². The van der Waals surface area contributed by atoms with Gasteiger partial charge in [-0.15, -0.1) is 0 Å². The molecule has 0 radical (unpaired) electrons. The number of allylic oxidation sites excluding steroid dienone is 19. The minimum Gasteiger partial charge on any atom is -0.394 e. The van der Waals surface area contributed by atoms with Gasteiger partial charge in [0, 0.05) is 6.42 Å². The Hall–Kier alpha value is -3.61.